The fraction of sp³-hybridized carbons (Fsp3) is 0.222. The van der Waals surface area contributed by atoms with Crippen molar-refractivity contribution in [1.29, 1.82) is 0 Å². The first-order valence-electron chi connectivity index (χ1n) is 3.18. The minimum atomic E-state index is -0.400. The quantitative estimate of drug-likeness (QED) is 0.511. The molecule has 3 nitrogen and oxygen atoms in total. The van der Waals surface area contributed by atoms with Crippen molar-refractivity contribution in [3.05, 3.63) is 29.8 Å². The zero-order valence-electron chi connectivity index (χ0n) is 6.20. The fourth-order valence-electron chi connectivity index (χ4n) is 0.793. The number of esters is 1. The minimum absolute atomic E-state index is 0. The summed E-state index contributed by atoms with van der Waals surface area (Å²) in [7, 11) is 1.33. The van der Waals surface area contributed by atoms with Crippen LogP contribution in [0.5, 0.6) is 0 Å². The molecule has 0 saturated carbocycles. The molecule has 12 heavy (non-hydrogen) atoms. The molecular weight excluding hydrogens is 154 g/mol. The summed E-state index contributed by atoms with van der Waals surface area (Å²) in [6.07, 6.45) is 0. The Kier molecular flexibility index (Phi) is 3.83. The molecule has 0 atom stereocenters. The summed E-state index contributed by atoms with van der Waals surface area (Å²) < 4.78 is 4.50. The van der Waals surface area contributed by atoms with Crippen LogP contribution in [0.2, 0.25) is 0 Å². The van der Waals surface area contributed by atoms with E-state index in [2.05, 4.69) is 4.74 Å². The van der Waals surface area contributed by atoms with Crippen LogP contribution in [0.3, 0.4) is 0 Å². The first-order valence-corrected chi connectivity index (χ1v) is 3.18. The summed E-state index contributed by atoms with van der Waals surface area (Å²) in [4.78, 5) is 10.9. The number of hydrogen-bond acceptors (Lipinski definition) is 3. The molecule has 0 amide bonds. The Morgan fingerprint density at radius 2 is 2.00 bits per heavy atom. The monoisotopic (exact) mass is 167 g/mol. The maximum atomic E-state index is 10.9. The van der Waals surface area contributed by atoms with E-state index in [1.54, 1.807) is 24.3 Å². The van der Waals surface area contributed by atoms with Gasteiger partial charge in [-0.25, -0.2) is 4.79 Å². The number of nitrogen functional groups attached to an aromatic ring is 1. The van der Waals surface area contributed by atoms with Crippen molar-refractivity contribution in [2.75, 3.05) is 12.8 Å². The zero-order valence-corrected chi connectivity index (χ0v) is 6.20. The minimum Gasteiger partial charge on any atom is -0.465 e. The third-order valence-electron chi connectivity index (χ3n) is 1.37. The van der Waals surface area contributed by atoms with Crippen LogP contribution in [0.15, 0.2) is 24.3 Å². The van der Waals surface area contributed by atoms with Crippen molar-refractivity contribution in [3.8, 4) is 0 Å². The van der Waals surface area contributed by atoms with E-state index >= 15 is 0 Å². The summed E-state index contributed by atoms with van der Waals surface area (Å²) in [6, 6.07) is 6.79. The number of para-hydroxylation sites is 1. The van der Waals surface area contributed by atoms with Gasteiger partial charge < -0.3 is 10.5 Å². The number of benzene rings is 1. The second-order valence-electron chi connectivity index (χ2n) is 2.08. The van der Waals surface area contributed by atoms with Crippen molar-refractivity contribution < 1.29 is 9.53 Å². The number of anilines is 1. The summed E-state index contributed by atoms with van der Waals surface area (Å²) in [6.45, 7) is 0. The highest BCUT2D eigenvalue weighted by molar-refractivity contribution is 5.94. The molecule has 0 radical (unpaired) electrons. The molecule has 0 spiro atoms. The Bertz CT molecular complexity index is 271. The van der Waals surface area contributed by atoms with Gasteiger partial charge in [0, 0.05) is 5.69 Å². The van der Waals surface area contributed by atoms with Crippen molar-refractivity contribution in [1.82, 2.24) is 0 Å². The lowest BCUT2D eigenvalue weighted by Gasteiger charge is -2.00. The largest absolute Gasteiger partial charge is 0.465 e. The van der Waals surface area contributed by atoms with Crippen molar-refractivity contribution >= 4 is 11.7 Å². The van der Waals surface area contributed by atoms with Crippen LogP contribution in [-0.2, 0) is 4.74 Å². The van der Waals surface area contributed by atoms with Crippen molar-refractivity contribution in [2.24, 2.45) is 0 Å². The standard InChI is InChI=1S/C8H9NO2.CH4/c1-11-8(10)6-4-2-3-5-7(6)9;/h2-5H,9H2,1H3;1H4. The summed E-state index contributed by atoms with van der Waals surface area (Å²) in [5, 5.41) is 0. The fourth-order valence-corrected chi connectivity index (χ4v) is 0.793. The maximum absolute atomic E-state index is 10.9. The molecule has 66 valence electrons. The number of carbonyl (C=O) groups is 1. The SMILES string of the molecule is C.COC(=O)c1ccccc1N. The Labute approximate surface area is 72.1 Å². The van der Waals surface area contributed by atoms with Crippen LogP contribution in [0.25, 0.3) is 0 Å². The molecule has 0 fully saturated rings. The first kappa shape index (κ1) is 10.5. The molecule has 0 aliphatic rings. The number of carbonyl (C=O) groups excluding carboxylic acids is 1. The number of rotatable bonds is 1. The van der Waals surface area contributed by atoms with E-state index in [4.69, 9.17) is 5.73 Å². The third kappa shape index (κ3) is 1.99. The molecule has 0 saturated heterocycles. The highest BCUT2D eigenvalue weighted by atomic mass is 16.5. The number of methoxy groups -OCH3 is 1. The lowest BCUT2D eigenvalue weighted by atomic mass is 10.2. The molecule has 1 aromatic carbocycles. The summed E-state index contributed by atoms with van der Waals surface area (Å²) in [5.41, 5.74) is 6.35. The summed E-state index contributed by atoms with van der Waals surface area (Å²) in [5.74, 6) is -0.400. The van der Waals surface area contributed by atoms with E-state index < -0.39 is 5.97 Å². The average molecular weight is 167 g/mol. The number of hydrogen-bond donors (Lipinski definition) is 1. The van der Waals surface area contributed by atoms with Gasteiger partial charge in [-0.1, -0.05) is 19.6 Å². The molecule has 0 aromatic heterocycles. The lowest BCUT2D eigenvalue weighted by Crippen LogP contribution is -2.04. The van der Waals surface area contributed by atoms with E-state index in [1.165, 1.54) is 7.11 Å². The molecule has 0 bridgehead atoms. The second-order valence-corrected chi connectivity index (χ2v) is 2.08. The number of nitrogens with two attached hydrogens (primary N) is 1. The predicted octanol–water partition coefficient (Wildman–Crippen LogP) is 1.69. The Balaban J connectivity index is 0.00000121. The zero-order chi connectivity index (χ0) is 8.27. The van der Waals surface area contributed by atoms with Gasteiger partial charge in [0.1, 0.15) is 0 Å². The molecule has 0 heterocycles. The molecule has 2 N–H and O–H groups in total. The van der Waals surface area contributed by atoms with Crippen LogP contribution in [-0.4, -0.2) is 13.1 Å². The van der Waals surface area contributed by atoms with E-state index in [0.717, 1.165) is 0 Å². The van der Waals surface area contributed by atoms with E-state index in [0.29, 0.717) is 11.3 Å². The molecule has 1 rings (SSSR count). The van der Waals surface area contributed by atoms with Gasteiger partial charge in [0.05, 0.1) is 12.7 Å². The van der Waals surface area contributed by atoms with Gasteiger partial charge in [-0.05, 0) is 12.1 Å². The molecule has 0 unspecified atom stereocenters. The van der Waals surface area contributed by atoms with Crippen LogP contribution in [0.1, 0.15) is 17.8 Å². The van der Waals surface area contributed by atoms with Crippen molar-refractivity contribution in [2.45, 2.75) is 7.43 Å². The van der Waals surface area contributed by atoms with Gasteiger partial charge in [0.15, 0.2) is 0 Å². The third-order valence-corrected chi connectivity index (χ3v) is 1.37. The van der Waals surface area contributed by atoms with Gasteiger partial charge in [-0.2, -0.15) is 0 Å². The van der Waals surface area contributed by atoms with Gasteiger partial charge in [-0.15, -0.1) is 0 Å². The van der Waals surface area contributed by atoms with Gasteiger partial charge in [0.25, 0.3) is 0 Å². The smallest absolute Gasteiger partial charge is 0.339 e. The first-order chi connectivity index (χ1) is 5.25. The van der Waals surface area contributed by atoms with E-state index in [9.17, 15) is 4.79 Å². The molecule has 0 aliphatic carbocycles. The van der Waals surface area contributed by atoms with Crippen LogP contribution >= 0.6 is 0 Å². The second kappa shape index (κ2) is 4.38. The van der Waals surface area contributed by atoms with Crippen molar-refractivity contribution in [3.63, 3.8) is 0 Å². The molecule has 0 aliphatic heterocycles. The van der Waals surface area contributed by atoms with E-state index in [-0.39, 0.29) is 7.43 Å². The lowest BCUT2D eigenvalue weighted by molar-refractivity contribution is 0.0602. The highest BCUT2D eigenvalue weighted by Gasteiger charge is 2.06. The van der Waals surface area contributed by atoms with Crippen LogP contribution < -0.4 is 5.73 Å². The molecule has 1 aromatic rings. The van der Waals surface area contributed by atoms with Gasteiger partial charge >= 0.3 is 5.97 Å². The summed E-state index contributed by atoms with van der Waals surface area (Å²) >= 11 is 0. The predicted molar refractivity (Wildman–Crippen MR) is 48.9 cm³/mol. The van der Waals surface area contributed by atoms with E-state index in [1.807, 2.05) is 0 Å². The Hall–Kier alpha value is -1.51. The average Bonchev–Trinajstić information content (AvgIpc) is 2.04. The normalized spacial score (nSPS) is 8.42. The van der Waals surface area contributed by atoms with Gasteiger partial charge in [0.2, 0.25) is 0 Å². The Morgan fingerprint density at radius 3 is 2.50 bits per heavy atom. The Morgan fingerprint density at radius 1 is 1.42 bits per heavy atom. The van der Waals surface area contributed by atoms with Crippen LogP contribution in [0.4, 0.5) is 5.69 Å². The molecular formula is C9H13NO2. The van der Waals surface area contributed by atoms with Crippen LogP contribution in [0, 0.1) is 0 Å². The molecule has 3 heteroatoms. The number of ether oxygens (including phenoxy) is 1. The highest BCUT2D eigenvalue weighted by Crippen LogP contribution is 2.10. The van der Waals surface area contributed by atoms with Gasteiger partial charge in [-0.3, -0.25) is 0 Å². The topological polar surface area (TPSA) is 52.3 Å². The maximum Gasteiger partial charge on any atom is 0.339 e.